The highest BCUT2D eigenvalue weighted by atomic mass is 15.3. The van der Waals surface area contributed by atoms with Crippen LogP contribution in [0.4, 0.5) is 5.82 Å². The summed E-state index contributed by atoms with van der Waals surface area (Å²) in [5.74, 6) is 1.86. The third-order valence-corrected chi connectivity index (χ3v) is 3.44. The molecule has 15 heavy (non-hydrogen) atoms. The Kier molecular flexibility index (Phi) is 2.09. The van der Waals surface area contributed by atoms with Crippen LogP contribution < -0.4 is 4.90 Å². The molecule has 0 N–H and O–H groups in total. The third kappa shape index (κ3) is 1.59. The van der Waals surface area contributed by atoms with Gasteiger partial charge in [0, 0.05) is 38.1 Å². The van der Waals surface area contributed by atoms with E-state index in [1.165, 1.54) is 13.0 Å². The van der Waals surface area contributed by atoms with Crippen LogP contribution in [0.3, 0.4) is 0 Å². The van der Waals surface area contributed by atoms with Gasteiger partial charge < -0.3 is 9.80 Å². The molecular weight excluding hydrogens is 188 g/mol. The normalized spacial score (nSPS) is 30.9. The summed E-state index contributed by atoms with van der Waals surface area (Å²) in [7, 11) is 2.21. The van der Waals surface area contributed by atoms with Gasteiger partial charge in [-0.3, -0.25) is 4.98 Å². The maximum Gasteiger partial charge on any atom is 0.147 e. The Morgan fingerprint density at radius 3 is 3.00 bits per heavy atom. The highest BCUT2D eigenvalue weighted by Gasteiger charge is 2.37. The van der Waals surface area contributed by atoms with Crippen molar-refractivity contribution in [2.24, 2.45) is 5.92 Å². The van der Waals surface area contributed by atoms with Crippen LogP contribution in [-0.4, -0.2) is 47.6 Å². The zero-order valence-electron chi connectivity index (χ0n) is 9.00. The molecule has 0 aliphatic carbocycles. The maximum absolute atomic E-state index is 4.39. The molecule has 0 amide bonds. The molecule has 3 rings (SSSR count). The minimum atomic E-state index is 0.644. The fraction of sp³-hybridized carbons (Fsp3) is 0.636. The van der Waals surface area contributed by atoms with Crippen molar-refractivity contribution in [1.29, 1.82) is 0 Å². The first-order valence-corrected chi connectivity index (χ1v) is 5.54. The van der Waals surface area contributed by atoms with Gasteiger partial charge in [0.15, 0.2) is 0 Å². The molecule has 0 aromatic carbocycles. The molecule has 4 heteroatoms. The highest BCUT2D eigenvalue weighted by molar-refractivity contribution is 5.39. The number of nitrogens with zero attached hydrogens (tertiary/aromatic N) is 4. The molecule has 2 saturated heterocycles. The van der Waals surface area contributed by atoms with Gasteiger partial charge in [0.2, 0.25) is 0 Å². The predicted octanol–water partition coefficient (Wildman–Crippen LogP) is 0.617. The van der Waals surface area contributed by atoms with Crippen molar-refractivity contribution in [2.45, 2.75) is 12.5 Å². The quantitative estimate of drug-likeness (QED) is 0.671. The van der Waals surface area contributed by atoms with E-state index in [4.69, 9.17) is 0 Å². The van der Waals surface area contributed by atoms with Crippen LogP contribution in [0.25, 0.3) is 0 Å². The van der Waals surface area contributed by atoms with Crippen molar-refractivity contribution in [1.82, 2.24) is 14.9 Å². The fourth-order valence-electron chi connectivity index (χ4n) is 2.91. The number of hydrogen-bond acceptors (Lipinski definition) is 4. The number of likely N-dealkylation sites (tertiary alicyclic amines) is 1. The largest absolute Gasteiger partial charge is 0.351 e. The van der Waals surface area contributed by atoms with Crippen molar-refractivity contribution < 1.29 is 0 Å². The van der Waals surface area contributed by atoms with Gasteiger partial charge in [-0.25, -0.2) is 4.98 Å². The monoisotopic (exact) mass is 204 g/mol. The van der Waals surface area contributed by atoms with Crippen LogP contribution in [0.1, 0.15) is 6.42 Å². The Balaban J connectivity index is 1.84. The molecule has 2 atom stereocenters. The van der Waals surface area contributed by atoms with E-state index in [0.717, 1.165) is 24.8 Å². The molecular formula is C11H16N4. The summed E-state index contributed by atoms with van der Waals surface area (Å²) < 4.78 is 0. The summed E-state index contributed by atoms with van der Waals surface area (Å²) in [4.78, 5) is 13.4. The van der Waals surface area contributed by atoms with E-state index >= 15 is 0 Å². The van der Waals surface area contributed by atoms with Crippen molar-refractivity contribution >= 4 is 5.82 Å². The Hall–Kier alpha value is -1.16. The summed E-state index contributed by atoms with van der Waals surface area (Å²) in [6, 6.07) is 0.644. The Bertz CT molecular complexity index is 340. The van der Waals surface area contributed by atoms with Crippen molar-refractivity contribution in [3.63, 3.8) is 0 Å². The smallest absolute Gasteiger partial charge is 0.147 e. The van der Waals surface area contributed by atoms with Crippen LogP contribution in [0.2, 0.25) is 0 Å². The van der Waals surface area contributed by atoms with Crippen LogP contribution >= 0.6 is 0 Å². The van der Waals surface area contributed by atoms with Gasteiger partial charge >= 0.3 is 0 Å². The molecule has 4 nitrogen and oxygen atoms in total. The summed E-state index contributed by atoms with van der Waals surface area (Å²) in [5, 5.41) is 0. The average Bonchev–Trinajstić information content (AvgIpc) is 2.55. The van der Waals surface area contributed by atoms with E-state index in [9.17, 15) is 0 Å². The average molecular weight is 204 g/mol. The van der Waals surface area contributed by atoms with E-state index in [2.05, 4.69) is 26.8 Å². The second-order valence-electron chi connectivity index (χ2n) is 4.69. The van der Waals surface area contributed by atoms with E-state index < -0.39 is 0 Å². The minimum Gasteiger partial charge on any atom is -0.351 e. The number of anilines is 1. The number of fused-ring (bicyclic) bond motifs is 2. The molecule has 2 unspecified atom stereocenters. The second kappa shape index (κ2) is 3.45. The summed E-state index contributed by atoms with van der Waals surface area (Å²) in [6.45, 7) is 3.54. The van der Waals surface area contributed by atoms with Gasteiger partial charge in [-0.1, -0.05) is 0 Å². The second-order valence-corrected chi connectivity index (χ2v) is 4.69. The molecule has 80 valence electrons. The molecule has 2 aliphatic rings. The minimum absolute atomic E-state index is 0.644. The lowest BCUT2D eigenvalue weighted by Gasteiger charge is -2.30. The molecule has 2 fully saturated rings. The van der Waals surface area contributed by atoms with Gasteiger partial charge in [0.25, 0.3) is 0 Å². The van der Waals surface area contributed by atoms with E-state index in [0.29, 0.717) is 6.04 Å². The third-order valence-electron chi connectivity index (χ3n) is 3.44. The first kappa shape index (κ1) is 9.09. The molecule has 0 saturated carbocycles. The van der Waals surface area contributed by atoms with Gasteiger partial charge in [-0.15, -0.1) is 0 Å². The Morgan fingerprint density at radius 2 is 2.20 bits per heavy atom. The van der Waals surface area contributed by atoms with Gasteiger partial charge in [0.1, 0.15) is 5.82 Å². The summed E-state index contributed by atoms with van der Waals surface area (Å²) in [6.07, 6.45) is 6.71. The molecule has 2 bridgehead atoms. The Morgan fingerprint density at radius 1 is 1.27 bits per heavy atom. The van der Waals surface area contributed by atoms with Crippen molar-refractivity contribution in [3.05, 3.63) is 18.6 Å². The van der Waals surface area contributed by atoms with E-state index in [1.807, 2.05) is 6.20 Å². The molecule has 2 aliphatic heterocycles. The summed E-state index contributed by atoms with van der Waals surface area (Å²) in [5.41, 5.74) is 0. The van der Waals surface area contributed by atoms with Crippen LogP contribution in [0, 0.1) is 5.92 Å². The molecule has 0 spiro atoms. The lowest BCUT2D eigenvalue weighted by Crippen LogP contribution is -2.40. The van der Waals surface area contributed by atoms with Crippen LogP contribution in [0.15, 0.2) is 18.6 Å². The fourth-order valence-corrected chi connectivity index (χ4v) is 2.91. The number of rotatable bonds is 1. The van der Waals surface area contributed by atoms with Crippen LogP contribution in [0.5, 0.6) is 0 Å². The molecule has 1 aromatic heterocycles. The van der Waals surface area contributed by atoms with Crippen LogP contribution in [-0.2, 0) is 0 Å². The van der Waals surface area contributed by atoms with Gasteiger partial charge in [-0.05, 0) is 19.4 Å². The molecule has 0 radical (unpaired) electrons. The number of aromatic nitrogens is 2. The van der Waals surface area contributed by atoms with Gasteiger partial charge in [0.05, 0.1) is 6.20 Å². The molecule has 1 aromatic rings. The highest BCUT2D eigenvalue weighted by Crippen LogP contribution is 2.31. The number of likely N-dealkylation sites (N-methyl/N-ethyl adjacent to an activating group) is 1. The zero-order chi connectivity index (χ0) is 10.3. The SMILES string of the molecule is CN1CC2CC(C1)N(c1cnccn1)C2. The number of piperidine rings is 1. The first-order chi connectivity index (χ1) is 7.33. The number of hydrogen-bond donors (Lipinski definition) is 0. The zero-order valence-corrected chi connectivity index (χ0v) is 9.00. The van der Waals surface area contributed by atoms with E-state index in [1.54, 1.807) is 12.4 Å². The van der Waals surface area contributed by atoms with E-state index in [-0.39, 0.29) is 0 Å². The van der Waals surface area contributed by atoms with Crippen molar-refractivity contribution in [2.75, 3.05) is 31.6 Å². The lowest BCUT2D eigenvalue weighted by molar-refractivity contribution is 0.235. The lowest BCUT2D eigenvalue weighted by atomic mass is 10.0. The predicted molar refractivity (Wildman–Crippen MR) is 58.8 cm³/mol. The topological polar surface area (TPSA) is 32.3 Å². The summed E-state index contributed by atoms with van der Waals surface area (Å²) >= 11 is 0. The standard InChI is InChI=1S/C11H16N4/c1-14-6-9-4-10(8-14)15(7-9)11-5-12-2-3-13-11/h2-3,5,9-10H,4,6-8H2,1H3. The van der Waals surface area contributed by atoms with Gasteiger partial charge in [-0.2, -0.15) is 0 Å². The first-order valence-electron chi connectivity index (χ1n) is 5.54. The van der Waals surface area contributed by atoms with Crippen molar-refractivity contribution in [3.8, 4) is 0 Å². The molecule has 3 heterocycles. The Labute approximate surface area is 89.9 Å². The maximum atomic E-state index is 4.39.